The first-order valence-corrected chi connectivity index (χ1v) is 8.37. The van der Waals surface area contributed by atoms with Crippen LogP contribution in [0, 0.1) is 6.92 Å². The first kappa shape index (κ1) is 20.5. The van der Waals surface area contributed by atoms with Gasteiger partial charge in [0.1, 0.15) is 6.04 Å². The summed E-state index contributed by atoms with van der Waals surface area (Å²) in [5.74, 6) is 0.0122. The van der Waals surface area contributed by atoms with E-state index in [1.54, 1.807) is 4.90 Å². The van der Waals surface area contributed by atoms with Crippen molar-refractivity contribution in [2.75, 3.05) is 13.1 Å². The SMILES string of the molecule is CCN[C@H](C)CNC(=O)C1CCC(=O)N1Cc1ccc(C)cc1.Cl. The summed E-state index contributed by atoms with van der Waals surface area (Å²) in [7, 11) is 0. The van der Waals surface area contributed by atoms with Crippen molar-refractivity contribution in [3.8, 4) is 0 Å². The molecule has 2 atom stereocenters. The van der Waals surface area contributed by atoms with Crippen LogP contribution in [0.1, 0.15) is 37.8 Å². The van der Waals surface area contributed by atoms with Crippen molar-refractivity contribution in [2.24, 2.45) is 0 Å². The quantitative estimate of drug-likeness (QED) is 0.788. The van der Waals surface area contributed by atoms with Gasteiger partial charge in [0, 0.05) is 25.6 Å². The van der Waals surface area contributed by atoms with Crippen molar-refractivity contribution in [1.82, 2.24) is 15.5 Å². The van der Waals surface area contributed by atoms with E-state index in [1.165, 1.54) is 5.56 Å². The van der Waals surface area contributed by atoms with Gasteiger partial charge >= 0.3 is 0 Å². The van der Waals surface area contributed by atoms with Gasteiger partial charge < -0.3 is 15.5 Å². The summed E-state index contributed by atoms with van der Waals surface area (Å²) >= 11 is 0. The number of amides is 2. The van der Waals surface area contributed by atoms with Gasteiger partial charge in [-0.1, -0.05) is 36.8 Å². The maximum Gasteiger partial charge on any atom is 0.242 e. The van der Waals surface area contributed by atoms with Crippen LogP contribution >= 0.6 is 12.4 Å². The molecule has 0 radical (unpaired) electrons. The first-order chi connectivity index (χ1) is 11.0. The molecule has 1 saturated heterocycles. The van der Waals surface area contributed by atoms with E-state index in [-0.39, 0.29) is 36.3 Å². The molecular weight excluding hydrogens is 326 g/mol. The molecule has 5 nitrogen and oxygen atoms in total. The Morgan fingerprint density at radius 1 is 1.33 bits per heavy atom. The number of rotatable bonds is 7. The predicted octanol–water partition coefficient (Wildman–Crippen LogP) is 2.02. The number of hydrogen-bond acceptors (Lipinski definition) is 3. The highest BCUT2D eigenvalue weighted by Gasteiger charge is 2.35. The van der Waals surface area contributed by atoms with Crippen molar-refractivity contribution in [2.45, 2.75) is 52.2 Å². The number of aryl methyl sites for hydroxylation is 1. The Hall–Kier alpha value is -1.59. The van der Waals surface area contributed by atoms with E-state index in [0.29, 0.717) is 25.9 Å². The second-order valence-electron chi connectivity index (χ2n) is 6.27. The molecule has 1 aliphatic heterocycles. The second kappa shape index (κ2) is 9.64. The van der Waals surface area contributed by atoms with E-state index in [1.807, 2.05) is 45.0 Å². The fraction of sp³-hybridized carbons (Fsp3) is 0.556. The molecule has 0 aliphatic carbocycles. The summed E-state index contributed by atoms with van der Waals surface area (Å²) < 4.78 is 0. The number of carbonyl (C=O) groups is 2. The maximum atomic E-state index is 12.4. The fourth-order valence-corrected chi connectivity index (χ4v) is 2.89. The first-order valence-electron chi connectivity index (χ1n) is 8.37. The lowest BCUT2D eigenvalue weighted by molar-refractivity contribution is -0.135. The van der Waals surface area contributed by atoms with Gasteiger partial charge in [0.25, 0.3) is 0 Å². The number of likely N-dealkylation sites (N-methyl/N-ethyl adjacent to an activating group) is 1. The zero-order chi connectivity index (χ0) is 16.8. The van der Waals surface area contributed by atoms with Crippen molar-refractivity contribution < 1.29 is 9.59 Å². The van der Waals surface area contributed by atoms with Gasteiger partial charge in [-0.15, -0.1) is 12.4 Å². The van der Waals surface area contributed by atoms with Crippen LogP contribution in [0.3, 0.4) is 0 Å². The van der Waals surface area contributed by atoms with E-state index in [9.17, 15) is 9.59 Å². The zero-order valence-electron chi connectivity index (χ0n) is 14.7. The summed E-state index contributed by atoms with van der Waals surface area (Å²) in [5.41, 5.74) is 2.25. The highest BCUT2D eigenvalue weighted by molar-refractivity contribution is 5.90. The van der Waals surface area contributed by atoms with Gasteiger partial charge in [-0.2, -0.15) is 0 Å². The number of likely N-dealkylation sites (tertiary alicyclic amines) is 1. The third kappa shape index (κ3) is 5.49. The molecule has 0 spiro atoms. The number of hydrogen-bond donors (Lipinski definition) is 2. The molecule has 1 heterocycles. The monoisotopic (exact) mass is 353 g/mol. The number of carbonyl (C=O) groups excluding carboxylic acids is 2. The summed E-state index contributed by atoms with van der Waals surface area (Å²) in [6.07, 6.45) is 1.05. The summed E-state index contributed by atoms with van der Waals surface area (Å²) in [6.45, 7) is 8.06. The molecule has 0 aromatic heterocycles. The van der Waals surface area contributed by atoms with E-state index in [2.05, 4.69) is 10.6 Å². The lowest BCUT2D eigenvalue weighted by Crippen LogP contribution is -2.47. The summed E-state index contributed by atoms with van der Waals surface area (Å²) in [6, 6.07) is 7.97. The van der Waals surface area contributed by atoms with Crippen molar-refractivity contribution in [3.05, 3.63) is 35.4 Å². The van der Waals surface area contributed by atoms with Crippen LogP contribution in [0.5, 0.6) is 0 Å². The molecule has 0 saturated carbocycles. The molecular formula is C18H28ClN3O2. The highest BCUT2D eigenvalue weighted by atomic mass is 35.5. The largest absolute Gasteiger partial charge is 0.353 e. The van der Waals surface area contributed by atoms with Gasteiger partial charge in [-0.05, 0) is 32.4 Å². The molecule has 24 heavy (non-hydrogen) atoms. The smallest absolute Gasteiger partial charge is 0.242 e. The van der Waals surface area contributed by atoms with E-state index in [0.717, 1.165) is 12.1 Å². The molecule has 1 fully saturated rings. The second-order valence-corrected chi connectivity index (χ2v) is 6.27. The van der Waals surface area contributed by atoms with Gasteiger partial charge in [-0.25, -0.2) is 0 Å². The standard InChI is InChI=1S/C18H27N3O2.ClH/c1-4-19-14(3)11-20-18(23)16-9-10-17(22)21(16)12-15-7-5-13(2)6-8-15;/h5-8,14,16,19H,4,9-12H2,1-3H3,(H,20,23);1H/t14-,16?;/m1./s1. The minimum Gasteiger partial charge on any atom is -0.353 e. The Balaban J connectivity index is 0.00000288. The molecule has 1 aromatic rings. The van der Waals surface area contributed by atoms with Crippen molar-refractivity contribution in [3.63, 3.8) is 0 Å². The summed E-state index contributed by atoms with van der Waals surface area (Å²) in [5, 5.41) is 6.22. The van der Waals surface area contributed by atoms with Crippen LogP contribution in [0.2, 0.25) is 0 Å². The Morgan fingerprint density at radius 2 is 2.00 bits per heavy atom. The third-order valence-corrected chi connectivity index (χ3v) is 4.24. The van der Waals surface area contributed by atoms with Crippen LogP contribution in [0.25, 0.3) is 0 Å². The fourth-order valence-electron chi connectivity index (χ4n) is 2.89. The van der Waals surface area contributed by atoms with Gasteiger partial charge in [0.15, 0.2) is 0 Å². The predicted molar refractivity (Wildman–Crippen MR) is 98.1 cm³/mol. The number of halogens is 1. The van der Waals surface area contributed by atoms with Crippen LogP contribution in [-0.4, -0.2) is 41.9 Å². The zero-order valence-corrected chi connectivity index (χ0v) is 15.5. The average molecular weight is 354 g/mol. The highest BCUT2D eigenvalue weighted by Crippen LogP contribution is 2.21. The minimum atomic E-state index is -0.349. The molecule has 1 aliphatic rings. The Labute approximate surface area is 150 Å². The molecule has 2 rings (SSSR count). The van der Waals surface area contributed by atoms with E-state index in [4.69, 9.17) is 0 Å². The van der Waals surface area contributed by atoms with Crippen LogP contribution in [-0.2, 0) is 16.1 Å². The minimum absolute atomic E-state index is 0. The van der Waals surface area contributed by atoms with Gasteiger partial charge in [0.2, 0.25) is 11.8 Å². The molecule has 1 unspecified atom stereocenters. The Kier molecular flexibility index (Phi) is 8.22. The molecule has 0 bridgehead atoms. The lowest BCUT2D eigenvalue weighted by atomic mass is 10.1. The molecule has 2 amide bonds. The Morgan fingerprint density at radius 3 is 2.62 bits per heavy atom. The maximum absolute atomic E-state index is 12.4. The van der Waals surface area contributed by atoms with Crippen molar-refractivity contribution >= 4 is 24.2 Å². The molecule has 6 heteroatoms. The van der Waals surface area contributed by atoms with Crippen LogP contribution < -0.4 is 10.6 Å². The average Bonchev–Trinajstić information content (AvgIpc) is 2.89. The summed E-state index contributed by atoms with van der Waals surface area (Å²) in [4.78, 5) is 26.3. The Bertz CT molecular complexity index is 548. The molecule has 2 N–H and O–H groups in total. The van der Waals surface area contributed by atoms with Crippen molar-refractivity contribution in [1.29, 1.82) is 0 Å². The van der Waals surface area contributed by atoms with E-state index >= 15 is 0 Å². The van der Waals surface area contributed by atoms with Crippen LogP contribution in [0.15, 0.2) is 24.3 Å². The third-order valence-electron chi connectivity index (χ3n) is 4.24. The van der Waals surface area contributed by atoms with Gasteiger partial charge in [0.05, 0.1) is 0 Å². The normalized spacial score (nSPS) is 18.2. The topological polar surface area (TPSA) is 61.4 Å². The molecule has 134 valence electrons. The van der Waals surface area contributed by atoms with Gasteiger partial charge in [-0.3, -0.25) is 9.59 Å². The number of benzene rings is 1. The van der Waals surface area contributed by atoms with Crippen LogP contribution in [0.4, 0.5) is 0 Å². The number of nitrogens with zero attached hydrogens (tertiary/aromatic N) is 1. The molecule has 1 aromatic carbocycles. The lowest BCUT2D eigenvalue weighted by Gasteiger charge is -2.25. The van der Waals surface area contributed by atoms with E-state index < -0.39 is 0 Å². The number of nitrogens with one attached hydrogen (secondary N) is 2.